The quantitative estimate of drug-likeness (QED) is 0.464. The van der Waals surface area contributed by atoms with Gasteiger partial charge < -0.3 is 13.6 Å². The second kappa shape index (κ2) is 6.18. The van der Waals surface area contributed by atoms with Crippen LogP contribution in [-0.2, 0) is 24.5 Å². The fourth-order valence-electron chi connectivity index (χ4n) is 2.31. The van der Waals surface area contributed by atoms with E-state index in [1.807, 2.05) is 0 Å². The molecule has 1 heterocycles. The highest BCUT2D eigenvalue weighted by Crippen LogP contribution is 2.38. The maximum absolute atomic E-state index is 12.5. The molecule has 0 fully saturated rings. The van der Waals surface area contributed by atoms with Gasteiger partial charge in [0.05, 0.1) is 12.1 Å². The lowest BCUT2D eigenvalue weighted by atomic mass is 9.88. The Morgan fingerprint density at radius 3 is 2.39 bits per heavy atom. The van der Waals surface area contributed by atoms with Crippen molar-refractivity contribution < 1.29 is 30.4 Å². The van der Waals surface area contributed by atoms with Crippen LogP contribution in [0.3, 0.4) is 0 Å². The van der Waals surface area contributed by atoms with Gasteiger partial charge in [0, 0.05) is 7.11 Å². The molecule has 2 rings (SSSR count). The highest BCUT2D eigenvalue weighted by molar-refractivity contribution is 7.87. The molecule has 1 unspecified atom stereocenters. The SMILES string of the molecule is CO[B]N1CC(OS(=O)(=O)C(F)(F)F)=CC1(C)c1ccccc1. The summed E-state index contributed by atoms with van der Waals surface area (Å²) >= 11 is 0. The van der Waals surface area contributed by atoms with E-state index in [0.717, 1.165) is 5.56 Å². The Morgan fingerprint density at radius 1 is 1.26 bits per heavy atom. The summed E-state index contributed by atoms with van der Waals surface area (Å²) in [7, 11) is -3.01. The Bertz CT molecular complexity index is 693. The molecule has 0 saturated heterocycles. The first-order chi connectivity index (χ1) is 10.6. The Labute approximate surface area is 133 Å². The van der Waals surface area contributed by atoms with E-state index in [9.17, 15) is 21.6 Å². The Kier molecular flexibility index (Phi) is 4.79. The van der Waals surface area contributed by atoms with Crippen LogP contribution in [0.1, 0.15) is 12.5 Å². The molecule has 1 aliphatic rings. The maximum Gasteiger partial charge on any atom is 0.534 e. The fraction of sp³-hybridized carbons (Fsp3) is 0.385. The number of benzene rings is 1. The van der Waals surface area contributed by atoms with Crippen LogP contribution < -0.4 is 0 Å². The molecule has 0 aromatic heterocycles. The van der Waals surface area contributed by atoms with Gasteiger partial charge in [-0.3, -0.25) is 0 Å². The van der Waals surface area contributed by atoms with Gasteiger partial charge in [0.25, 0.3) is 0 Å². The van der Waals surface area contributed by atoms with Crippen molar-refractivity contribution in [1.29, 1.82) is 0 Å². The minimum atomic E-state index is -5.70. The van der Waals surface area contributed by atoms with Crippen LogP contribution in [0.25, 0.3) is 0 Å². The van der Waals surface area contributed by atoms with Gasteiger partial charge in [-0.2, -0.15) is 21.6 Å². The molecule has 1 aliphatic heterocycles. The lowest BCUT2D eigenvalue weighted by molar-refractivity contribution is -0.0522. The number of rotatable bonds is 5. The summed E-state index contributed by atoms with van der Waals surface area (Å²) in [5.74, 6) is -0.318. The Hall–Kier alpha value is -1.52. The van der Waals surface area contributed by atoms with Crippen molar-refractivity contribution >= 4 is 17.7 Å². The molecule has 1 atom stereocenters. The van der Waals surface area contributed by atoms with Gasteiger partial charge in [-0.1, -0.05) is 30.3 Å². The minimum Gasteiger partial charge on any atom is -0.427 e. The predicted octanol–water partition coefficient (Wildman–Crippen LogP) is 2.15. The minimum absolute atomic E-state index is 0.172. The molecule has 1 radical (unpaired) electrons. The van der Waals surface area contributed by atoms with Crippen LogP contribution in [0.15, 0.2) is 42.2 Å². The molecule has 0 N–H and O–H groups in total. The summed E-state index contributed by atoms with van der Waals surface area (Å²) in [6.07, 6.45) is 1.33. The third-order valence-electron chi connectivity index (χ3n) is 3.46. The van der Waals surface area contributed by atoms with Crippen LogP contribution in [0, 0.1) is 0 Å². The highest BCUT2D eigenvalue weighted by atomic mass is 32.2. The maximum atomic E-state index is 12.5. The average molecular weight is 348 g/mol. The van der Waals surface area contributed by atoms with Crippen molar-refractivity contribution in [2.75, 3.05) is 13.7 Å². The molecule has 5 nitrogen and oxygen atoms in total. The van der Waals surface area contributed by atoms with E-state index < -0.39 is 21.2 Å². The van der Waals surface area contributed by atoms with Crippen LogP contribution in [-0.4, -0.2) is 40.0 Å². The van der Waals surface area contributed by atoms with Gasteiger partial charge in [0.1, 0.15) is 5.76 Å². The second-order valence-electron chi connectivity index (χ2n) is 5.08. The van der Waals surface area contributed by atoms with Crippen LogP contribution in [0.2, 0.25) is 0 Å². The van der Waals surface area contributed by atoms with Gasteiger partial charge >= 0.3 is 23.2 Å². The molecule has 125 valence electrons. The number of nitrogens with zero attached hydrogens (tertiary/aromatic N) is 1. The number of hydrogen-bond donors (Lipinski definition) is 0. The zero-order chi connectivity index (χ0) is 17.3. The molecular formula is C13H14BF3NO4S. The lowest BCUT2D eigenvalue weighted by Gasteiger charge is -2.33. The molecular weight excluding hydrogens is 334 g/mol. The Balaban J connectivity index is 2.36. The first-order valence-corrected chi connectivity index (χ1v) is 7.92. The molecule has 10 heteroatoms. The normalized spacial score (nSPS) is 22.7. The van der Waals surface area contributed by atoms with Crippen molar-refractivity contribution in [3.05, 3.63) is 47.7 Å². The van der Waals surface area contributed by atoms with Gasteiger partial charge in [-0.15, -0.1) is 0 Å². The van der Waals surface area contributed by atoms with Crippen molar-refractivity contribution in [3.63, 3.8) is 0 Å². The fourth-order valence-corrected chi connectivity index (χ4v) is 2.79. The predicted molar refractivity (Wildman–Crippen MR) is 77.4 cm³/mol. The molecule has 0 saturated carbocycles. The molecule has 0 bridgehead atoms. The Morgan fingerprint density at radius 2 is 1.87 bits per heavy atom. The highest BCUT2D eigenvalue weighted by Gasteiger charge is 2.50. The largest absolute Gasteiger partial charge is 0.534 e. The standard InChI is InChI=1S/C13H14BF3NO4S/c1-12(10-6-4-3-5-7-10)8-11(9-18(12)14-21-2)22-23(19,20)13(15,16)17/h3-8H,9H2,1-2H3. The molecule has 0 spiro atoms. The smallest absolute Gasteiger partial charge is 0.427 e. The van der Waals surface area contributed by atoms with E-state index in [1.54, 1.807) is 42.1 Å². The number of alkyl halides is 3. The van der Waals surface area contributed by atoms with Crippen molar-refractivity contribution in [3.8, 4) is 0 Å². The van der Waals surface area contributed by atoms with Crippen molar-refractivity contribution in [2.24, 2.45) is 0 Å². The lowest BCUT2D eigenvalue weighted by Crippen LogP contribution is -2.42. The van der Waals surface area contributed by atoms with Gasteiger partial charge in [-0.05, 0) is 18.6 Å². The zero-order valence-electron chi connectivity index (χ0n) is 12.4. The summed E-state index contributed by atoms with van der Waals surface area (Å²) in [4.78, 5) is 1.55. The molecule has 0 amide bonds. The van der Waals surface area contributed by atoms with Crippen LogP contribution in [0.4, 0.5) is 13.2 Å². The monoisotopic (exact) mass is 348 g/mol. The van der Waals surface area contributed by atoms with Gasteiger partial charge in [0.2, 0.25) is 0 Å². The zero-order valence-corrected chi connectivity index (χ0v) is 13.2. The van der Waals surface area contributed by atoms with Crippen molar-refractivity contribution in [2.45, 2.75) is 18.0 Å². The van der Waals surface area contributed by atoms with Crippen molar-refractivity contribution in [1.82, 2.24) is 4.81 Å². The first-order valence-electron chi connectivity index (χ1n) is 6.51. The summed E-state index contributed by atoms with van der Waals surface area (Å²) in [5, 5.41) is 0. The summed E-state index contributed by atoms with van der Waals surface area (Å²) in [6.45, 7) is 1.54. The average Bonchev–Trinajstić information content (AvgIpc) is 2.76. The first kappa shape index (κ1) is 17.8. The van der Waals surface area contributed by atoms with Crippen LogP contribution in [0.5, 0.6) is 0 Å². The van der Waals surface area contributed by atoms with E-state index >= 15 is 0 Å². The topological polar surface area (TPSA) is 55.8 Å². The number of hydrogen-bond acceptors (Lipinski definition) is 5. The van der Waals surface area contributed by atoms with Crippen LogP contribution >= 0.6 is 0 Å². The van der Waals surface area contributed by atoms with E-state index in [2.05, 4.69) is 4.18 Å². The molecule has 1 aromatic carbocycles. The summed E-state index contributed by atoms with van der Waals surface area (Å²) in [5.41, 5.74) is -5.63. The molecule has 0 aliphatic carbocycles. The molecule has 23 heavy (non-hydrogen) atoms. The third-order valence-corrected chi connectivity index (χ3v) is 4.46. The van der Waals surface area contributed by atoms with E-state index in [-0.39, 0.29) is 12.3 Å². The number of halogens is 3. The second-order valence-corrected chi connectivity index (χ2v) is 6.61. The summed E-state index contributed by atoms with van der Waals surface area (Å²) in [6, 6.07) is 8.87. The van der Waals surface area contributed by atoms with E-state index in [0.29, 0.717) is 0 Å². The summed E-state index contributed by atoms with van der Waals surface area (Å²) < 4.78 is 68.9. The van der Waals surface area contributed by atoms with E-state index in [4.69, 9.17) is 4.65 Å². The molecule has 1 aromatic rings. The van der Waals surface area contributed by atoms with Gasteiger partial charge in [-0.25, -0.2) is 0 Å². The van der Waals surface area contributed by atoms with Gasteiger partial charge in [0.15, 0.2) is 0 Å². The van der Waals surface area contributed by atoms with E-state index in [1.165, 1.54) is 20.8 Å². The third kappa shape index (κ3) is 3.54.